The second-order valence-corrected chi connectivity index (χ2v) is 3.62. The van der Waals surface area contributed by atoms with E-state index in [2.05, 4.69) is 21.5 Å². The molecule has 18 heavy (non-hydrogen) atoms. The van der Waals surface area contributed by atoms with E-state index in [4.69, 9.17) is 10.5 Å². The standard InChI is InChI=1S/C12H10N6/c1-15-7-9-2-3-11(10(4-9)5-13)18-8-16-12(6-14)17-18/h2-4,8,15H,7H2,1H3. The van der Waals surface area contributed by atoms with Crippen molar-refractivity contribution in [3.63, 3.8) is 0 Å². The summed E-state index contributed by atoms with van der Waals surface area (Å²) in [6.07, 6.45) is 1.42. The maximum absolute atomic E-state index is 9.14. The van der Waals surface area contributed by atoms with Crippen molar-refractivity contribution in [3.05, 3.63) is 41.5 Å². The normalized spacial score (nSPS) is 9.72. The van der Waals surface area contributed by atoms with Crippen LogP contribution in [0.15, 0.2) is 24.5 Å². The van der Waals surface area contributed by atoms with Crippen molar-refractivity contribution < 1.29 is 0 Å². The zero-order valence-corrected chi connectivity index (χ0v) is 9.75. The number of nitrogens with one attached hydrogen (secondary N) is 1. The lowest BCUT2D eigenvalue weighted by Gasteiger charge is -2.06. The Bertz CT molecular complexity index is 643. The molecule has 0 saturated carbocycles. The van der Waals surface area contributed by atoms with Gasteiger partial charge in [-0.15, -0.1) is 5.10 Å². The molecule has 88 valence electrons. The van der Waals surface area contributed by atoms with Crippen molar-refractivity contribution in [2.24, 2.45) is 0 Å². The Balaban J connectivity index is 2.45. The summed E-state index contributed by atoms with van der Waals surface area (Å²) in [7, 11) is 1.84. The van der Waals surface area contributed by atoms with Gasteiger partial charge in [0.2, 0.25) is 0 Å². The fraction of sp³-hybridized carbons (Fsp3) is 0.167. The maximum Gasteiger partial charge on any atom is 0.252 e. The number of hydrogen-bond acceptors (Lipinski definition) is 5. The Hall–Kier alpha value is -2.70. The first kappa shape index (κ1) is 11.8. The van der Waals surface area contributed by atoms with Crippen LogP contribution < -0.4 is 5.32 Å². The van der Waals surface area contributed by atoms with Crippen LogP contribution in [0.1, 0.15) is 17.0 Å². The molecule has 0 atom stereocenters. The SMILES string of the molecule is CNCc1ccc(-n2cnc(C#N)n2)c(C#N)c1. The van der Waals surface area contributed by atoms with Gasteiger partial charge in [-0.1, -0.05) is 6.07 Å². The molecule has 2 rings (SSSR count). The van der Waals surface area contributed by atoms with Gasteiger partial charge < -0.3 is 5.32 Å². The lowest BCUT2D eigenvalue weighted by molar-refractivity contribution is 0.814. The van der Waals surface area contributed by atoms with Crippen LogP contribution in [-0.4, -0.2) is 21.8 Å². The third-order valence-corrected chi connectivity index (χ3v) is 2.40. The third kappa shape index (κ3) is 2.19. The van der Waals surface area contributed by atoms with Gasteiger partial charge in [-0.05, 0) is 24.7 Å². The largest absolute Gasteiger partial charge is 0.316 e. The smallest absolute Gasteiger partial charge is 0.252 e. The summed E-state index contributed by atoms with van der Waals surface area (Å²) in [6, 6.07) is 9.46. The zero-order valence-electron chi connectivity index (χ0n) is 9.75. The Kier molecular flexibility index (Phi) is 3.33. The predicted molar refractivity (Wildman–Crippen MR) is 63.6 cm³/mol. The summed E-state index contributed by atoms with van der Waals surface area (Å²) in [4.78, 5) is 3.81. The minimum absolute atomic E-state index is 0.0817. The topological polar surface area (TPSA) is 90.3 Å². The van der Waals surface area contributed by atoms with Gasteiger partial charge in [-0.2, -0.15) is 10.5 Å². The molecule has 0 aliphatic heterocycles. The van der Waals surface area contributed by atoms with Gasteiger partial charge in [-0.25, -0.2) is 9.67 Å². The molecule has 0 radical (unpaired) electrons. The third-order valence-electron chi connectivity index (χ3n) is 2.40. The van der Waals surface area contributed by atoms with Crippen molar-refractivity contribution in [3.8, 4) is 17.8 Å². The van der Waals surface area contributed by atoms with E-state index in [0.29, 0.717) is 17.8 Å². The number of aromatic nitrogens is 3. The summed E-state index contributed by atoms with van der Waals surface area (Å²) in [5.41, 5.74) is 2.13. The number of nitrogens with zero attached hydrogens (tertiary/aromatic N) is 5. The highest BCUT2D eigenvalue weighted by atomic mass is 15.3. The van der Waals surface area contributed by atoms with E-state index < -0.39 is 0 Å². The summed E-state index contributed by atoms with van der Waals surface area (Å²) in [5, 5.41) is 24.8. The lowest BCUT2D eigenvalue weighted by Crippen LogP contribution is -2.06. The molecule has 0 unspecified atom stereocenters. The Labute approximate surface area is 104 Å². The zero-order chi connectivity index (χ0) is 13.0. The Morgan fingerprint density at radius 3 is 2.78 bits per heavy atom. The van der Waals surface area contributed by atoms with E-state index >= 15 is 0 Å². The second kappa shape index (κ2) is 5.09. The molecule has 0 fully saturated rings. The summed E-state index contributed by atoms with van der Waals surface area (Å²) < 4.78 is 1.43. The number of hydrogen-bond donors (Lipinski definition) is 1. The van der Waals surface area contributed by atoms with E-state index in [0.717, 1.165) is 5.56 Å². The van der Waals surface area contributed by atoms with Crippen molar-refractivity contribution in [2.45, 2.75) is 6.54 Å². The van der Waals surface area contributed by atoms with Crippen LogP contribution in [0.2, 0.25) is 0 Å². The number of nitriles is 2. The van der Waals surface area contributed by atoms with Crippen LogP contribution >= 0.6 is 0 Å². The molecule has 0 amide bonds. The molecule has 0 aliphatic carbocycles. The van der Waals surface area contributed by atoms with Crippen molar-refractivity contribution in [2.75, 3.05) is 7.05 Å². The Morgan fingerprint density at radius 1 is 1.33 bits per heavy atom. The lowest BCUT2D eigenvalue weighted by atomic mass is 10.1. The summed E-state index contributed by atoms with van der Waals surface area (Å²) in [6.45, 7) is 0.690. The molecule has 6 nitrogen and oxygen atoms in total. The fourth-order valence-electron chi connectivity index (χ4n) is 1.62. The van der Waals surface area contributed by atoms with Crippen LogP contribution in [0.3, 0.4) is 0 Å². The average molecular weight is 238 g/mol. The van der Waals surface area contributed by atoms with Crippen LogP contribution in [-0.2, 0) is 6.54 Å². The molecule has 1 N–H and O–H groups in total. The molecule has 0 saturated heterocycles. The second-order valence-electron chi connectivity index (χ2n) is 3.62. The average Bonchev–Trinajstić information content (AvgIpc) is 2.87. The van der Waals surface area contributed by atoms with Crippen molar-refractivity contribution >= 4 is 0 Å². The molecule has 1 aromatic carbocycles. The van der Waals surface area contributed by atoms with E-state index in [1.165, 1.54) is 11.0 Å². The first-order chi connectivity index (χ1) is 8.78. The Morgan fingerprint density at radius 2 is 2.17 bits per heavy atom. The van der Waals surface area contributed by atoms with Gasteiger partial charge in [0.05, 0.1) is 11.3 Å². The van der Waals surface area contributed by atoms with Gasteiger partial charge in [0, 0.05) is 6.54 Å². The van der Waals surface area contributed by atoms with Gasteiger partial charge in [0.25, 0.3) is 5.82 Å². The first-order valence-electron chi connectivity index (χ1n) is 5.28. The minimum Gasteiger partial charge on any atom is -0.316 e. The molecular weight excluding hydrogens is 228 g/mol. The molecule has 0 bridgehead atoms. The van der Waals surface area contributed by atoms with E-state index in [9.17, 15) is 0 Å². The molecular formula is C12H10N6. The molecule has 2 aromatic rings. The highest BCUT2D eigenvalue weighted by molar-refractivity contribution is 5.50. The summed E-state index contributed by atoms with van der Waals surface area (Å²) >= 11 is 0. The first-order valence-corrected chi connectivity index (χ1v) is 5.28. The van der Waals surface area contributed by atoms with Gasteiger partial charge >= 0.3 is 0 Å². The molecule has 6 heteroatoms. The van der Waals surface area contributed by atoms with E-state index in [-0.39, 0.29) is 5.82 Å². The minimum atomic E-state index is 0.0817. The molecule has 0 aliphatic rings. The highest BCUT2D eigenvalue weighted by Gasteiger charge is 2.08. The number of rotatable bonds is 3. The maximum atomic E-state index is 9.14. The van der Waals surface area contributed by atoms with Crippen LogP contribution in [0.4, 0.5) is 0 Å². The van der Waals surface area contributed by atoms with Gasteiger partial charge in [-0.3, -0.25) is 0 Å². The predicted octanol–water partition coefficient (Wildman–Crippen LogP) is 0.730. The van der Waals surface area contributed by atoms with Gasteiger partial charge in [0.1, 0.15) is 18.5 Å². The van der Waals surface area contributed by atoms with Gasteiger partial charge in [0.15, 0.2) is 0 Å². The van der Waals surface area contributed by atoms with E-state index in [1.54, 1.807) is 12.1 Å². The van der Waals surface area contributed by atoms with Crippen molar-refractivity contribution in [1.29, 1.82) is 10.5 Å². The van der Waals surface area contributed by atoms with Crippen LogP contribution in [0.25, 0.3) is 5.69 Å². The monoisotopic (exact) mass is 238 g/mol. The molecule has 0 spiro atoms. The number of benzene rings is 1. The van der Waals surface area contributed by atoms with Crippen LogP contribution in [0.5, 0.6) is 0 Å². The van der Waals surface area contributed by atoms with Crippen molar-refractivity contribution in [1.82, 2.24) is 20.1 Å². The summed E-state index contributed by atoms with van der Waals surface area (Å²) in [5.74, 6) is 0.0817. The highest BCUT2D eigenvalue weighted by Crippen LogP contribution is 2.15. The van der Waals surface area contributed by atoms with E-state index in [1.807, 2.05) is 19.2 Å². The quantitative estimate of drug-likeness (QED) is 0.851. The van der Waals surface area contributed by atoms with Crippen LogP contribution in [0, 0.1) is 22.7 Å². The fourth-order valence-corrected chi connectivity index (χ4v) is 1.62. The molecule has 1 aromatic heterocycles. The molecule has 1 heterocycles.